The number of ether oxygens (including phenoxy) is 1. The van der Waals surface area contributed by atoms with Crippen molar-refractivity contribution in [3.05, 3.63) is 54.1 Å². The summed E-state index contributed by atoms with van der Waals surface area (Å²) >= 11 is 0. The van der Waals surface area contributed by atoms with Gasteiger partial charge in [0.25, 0.3) is 0 Å². The van der Waals surface area contributed by atoms with Crippen LogP contribution in [-0.2, 0) is 22.6 Å². The largest absolute Gasteiger partial charge is 0.444 e. The minimum atomic E-state index is -0.534. The molecule has 1 unspecified atom stereocenters. The molecule has 0 saturated carbocycles. The van der Waals surface area contributed by atoms with E-state index in [4.69, 9.17) is 4.74 Å². The Bertz CT molecular complexity index is 827. The Morgan fingerprint density at radius 2 is 2.07 bits per heavy atom. The molecule has 1 atom stereocenters. The van der Waals surface area contributed by atoms with Crippen LogP contribution in [0, 0.1) is 5.92 Å². The lowest BCUT2D eigenvalue weighted by atomic mass is 9.97. The second kappa shape index (κ2) is 9.11. The molecule has 2 aromatic rings. The molecular weight excluding hydrogens is 368 g/mol. The average molecular weight is 399 g/mol. The predicted molar refractivity (Wildman–Crippen MR) is 110 cm³/mol. The Morgan fingerprint density at radius 1 is 1.28 bits per heavy atom. The molecule has 2 amide bonds. The molecular formula is C22H30N4O3. The van der Waals surface area contributed by atoms with E-state index in [1.54, 1.807) is 17.4 Å². The lowest BCUT2D eigenvalue weighted by molar-refractivity contribution is -0.126. The fourth-order valence-electron chi connectivity index (χ4n) is 3.45. The molecule has 0 aliphatic carbocycles. The van der Waals surface area contributed by atoms with E-state index in [1.165, 1.54) is 0 Å². The summed E-state index contributed by atoms with van der Waals surface area (Å²) in [5.41, 5.74) is 1.67. The van der Waals surface area contributed by atoms with Crippen LogP contribution in [0.2, 0.25) is 0 Å². The van der Waals surface area contributed by atoms with E-state index in [0.29, 0.717) is 19.6 Å². The van der Waals surface area contributed by atoms with Crippen molar-refractivity contribution in [2.45, 2.75) is 52.3 Å². The van der Waals surface area contributed by atoms with Gasteiger partial charge in [-0.05, 0) is 44.7 Å². The number of imidazole rings is 1. The number of amides is 2. The first-order valence-corrected chi connectivity index (χ1v) is 10.1. The van der Waals surface area contributed by atoms with Crippen molar-refractivity contribution in [3.63, 3.8) is 0 Å². The number of hydrogen-bond donors (Lipinski definition) is 1. The summed E-state index contributed by atoms with van der Waals surface area (Å²) in [4.78, 5) is 30.7. The number of carbonyl (C=O) groups excluding carboxylic acids is 2. The SMILES string of the molecule is CC(C)(C)OC(=O)N1CCCC(C(=O)NCc2cccc(Cn3ccnc3)c2)C1. The number of aromatic nitrogens is 2. The molecule has 1 fully saturated rings. The molecule has 1 aromatic carbocycles. The van der Waals surface area contributed by atoms with E-state index in [9.17, 15) is 9.59 Å². The second-order valence-corrected chi connectivity index (χ2v) is 8.54. The minimum Gasteiger partial charge on any atom is -0.444 e. The summed E-state index contributed by atoms with van der Waals surface area (Å²) in [7, 11) is 0. The molecule has 7 heteroatoms. The molecule has 1 saturated heterocycles. The zero-order valence-electron chi connectivity index (χ0n) is 17.4. The standard InChI is InChI=1S/C22H30N4O3/c1-22(2,3)29-21(28)26-10-5-8-19(15-26)20(27)24-13-17-6-4-7-18(12-17)14-25-11-9-23-16-25/h4,6-7,9,11-12,16,19H,5,8,10,13-15H2,1-3H3,(H,24,27). The number of benzene rings is 1. The topological polar surface area (TPSA) is 76.5 Å². The number of hydrogen-bond acceptors (Lipinski definition) is 4. The molecule has 7 nitrogen and oxygen atoms in total. The van der Waals surface area contributed by atoms with Crippen LogP contribution < -0.4 is 5.32 Å². The van der Waals surface area contributed by atoms with Gasteiger partial charge < -0.3 is 19.5 Å². The number of carbonyl (C=O) groups is 2. The zero-order chi connectivity index (χ0) is 20.9. The summed E-state index contributed by atoms with van der Waals surface area (Å²) in [6, 6.07) is 8.16. The predicted octanol–water partition coefficient (Wildman–Crippen LogP) is 3.19. The summed E-state index contributed by atoms with van der Waals surface area (Å²) in [6.07, 6.45) is 6.71. The first-order valence-electron chi connectivity index (χ1n) is 10.1. The summed E-state index contributed by atoms with van der Waals surface area (Å²) < 4.78 is 7.44. The third-order valence-electron chi connectivity index (χ3n) is 4.83. The van der Waals surface area contributed by atoms with Crippen LogP contribution in [-0.4, -0.2) is 45.1 Å². The van der Waals surface area contributed by atoms with Crippen LogP contribution in [0.3, 0.4) is 0 Å². The fraction of sp³-hybridized carbons (Fsp3) is 0.500. The molecule has 0 radical (unpaired) electrons. The summed E-state index contributed by atoms with van der Waals surface area (Å²) in [6.45, 7) is 7.80. The smallest absolute Gasteiger partial charge is 0.410 e. The molecule has 3 rings (SSSR count). The molecule has 2 heterocycles. The van der Waals surface area contributed by atoms with Crippen molar-refractivity contribution in [1.29, 1.82) is 0 Å². The van der Waals surface area contributed by atoms with Gasteiger partial charge in [-0.1, -0.05) is 24.3 Å². The number of nitrogens with zero attached hydrogens (tertiary/aromatic N) is 3. The Balaban J connectivity index is 1.52. The van der Waals surface area contributed by atoms with Gasteiger partial charge in [-0.2, -0.15) is 0 Å². The number of nitrogens with one attached hydrogen (secondary N) is 1. The van der Waals surface area contributed by atoms with Gasteiger partial charge in [0.15, 0.2) is 0 Å². The van der Waals surface area contributed by atoms with Crippen LogP contribution >= 0.6 is 0 Å². The van der Waals surface area contributed by atoms with Gasteiger partial charge in [0, 0.05) is 38.6 Å². The second-order valence-electron chi connectivity index (χ2n) is 8.54. The lowest BCUT2D eigenvalue weighted by Gasteiger charge is -2.33. The molecule has 0 spiro atoms. The van der Waals surface area contributed by atoms with Crippen LogP contribution in [0.15, 0.2) is 43.0 Å². The third-order valence-corrected chi connectivity index (χ3v) is 4.83. The van der Waals surface area contributed by atoms with E-state index in [-0.39, 0.29) is 17.9 Å². The van der Waals surface area contributed by atoms with Crippen molar-refractivity contribution in [1.82, 2.24) is 19.8 Å². The number of piperidine rings is 1. The summed E-state index contributed by atoms with van der Waals surface area (Å²) in [5.74, 6) is -0.219. The molecule has 1 N–H and O–H groups in total. The third kappa shape index (κ3) is 6.34. The molecule has 1 aliphatic rings. The van der Waals surface area contributed by atoms with E-state index in [1.807, 2.05) is 43.7 Å². The maximum Gasteiger partial charge on any atom is 0.410 e. The van der Waals surface area contributed by atoms with Crippen LogP contribution in [0.5, 0.6) is 0 Å². The van der Waals surface area contributed by atoms with Crippen molar-refractivity contribution >= 4 is 12.0 Å². The van der Waals surface area contributed by atoms with Crippen LogP contribution in [0.25, 0.3) is 0 Å². The van der Waals surface area contributed by atoms with E-state index in [0.717, 1.165) is 30.5 Å². The Labute approximate surface area is 172 Å². The molecule has 29 heavy (non-hydrogen) atoms. The Kier molecular flexibility index (Phi) is 6.56. The first kappa shape index (κ1) is 20.9. The molecule has 1 aromatic heterocycles. The first-order chi connectivity index (χ1) is 13.8. The average Bonchev–Trinajstić information content (AvgIpc) is 3.18. The van der Waals surface area contributed by atoms with Crippen LogP contribution in [0.1, 0.15) is 44.7 Å². The van der Waals surface area contributed by atoms with Gasteiger partial charge in [0.1, 0.15) is 5.60 Å². The van der Waals surface area contributed by atoms with Crippen molar-refractivity contribution in [2.75, 3.05) is 13.1 Å². The highest BCUT2D eigenvalue weighted by Gasteiger charge is 2.30. The maximum atomic E-state index is 12.7. The molecule has 156 valence electrons. The lowest BCUT2D eigenvalue weighted by Crippen LogP contribution is -2.46. The fourth-order valence-corrected chi connectivity index (χ4v) is 3.45. The van der Waals surface area contributed by atoms with Gasteiger partial charge in [-0.15, -0.1) is 0 Å². The highest BCUT2D eigenvalue weighted by molar-refractivity contribution is 5.80. The van der Waals surface area contributed by atoms with Crippen molar-refractivity contribution < 1.29 is 14.3 Å². The minimum absolute atomic E-state index is 0.0155. The van der Waals surface area contributed by atoms with E-state index in [2.05, 4.69) is 22.4 Å². The van der Waals surface area contributed by atoms with Crippen molar-refractivity contribution in [2.24, 2.45) is 5.92 Å². The van der Waals surface area contributed by atoms with Crippen LogP contribution in [0.4, 0.5) is 4.79 Å². The number of rotatable bonds is 5. The van der Waals surface area contributed by atoms with Crippen molar-refractivity contribution in [3.8, 4) is 0 Å². The normalized spacial score (nSPS) is 17.1. The monoisotopic (exact) mass is 398 g/mol. The Hall–Kier alpha value is -2.83. The highest BCUT2D eigenvalue weighted by atomic mass is 16.6. The number of likely N-dealkylation sites (tertiary alicyclic amines) is 1. The quantitative estimate of drug-likeness (QED) is 0.839. The summed E-state index contributed by atoms with van der Waals surface area (Å²) in [5, 5.41) is 3.03. The van der Waals surface area contributed by atoms with E-state index >= 15 is 0 Å². The Morgan fingerprint density at radius 3 is 2.79 bits per heavy atom. The zero-order valence-corrected chi connectivity index (χ0v) is 17.4. The highest BCUT2D eigenvalue weighted by Crippen LogP contribution is 2.20. The van der Waals surface area contributed by atoms with Gasteiger partial charge >= 0.3 is 6.09 Å². The van der Waals surface area contributed by atoms with Gasteiger partial charge in [-0.3, -0.25) is 4.79 Å². The molecule has 0 bridgehead atoms. The van der Waals surface area contributed by atoms with Gasteiger partial charge in [-0.25, -0.2) is 9.78 Å². The van der Waals surface area contributed by atoms with Gasteiger partial charge in [0.05, 0.1) is 12.2 Å². The maximum absolute atomic E-state index is 12.7. The molecule has 1 aliphatic heterocycles. The van der Waals surface area contributed by atoms with E-state index < -0.39 is 5.60 Å². The van der Waals surface area contributed by atoms with Gasteiger partial charge in [0.2, 0.25) is 5.91 Å².